The van der Waals surface area contributed by atoms with Crippen molar-refractivity contribution in [3.8, 4) is 18.2 Å². The van der Waals surface area contributed by atoms with Gasteiger partial charge in [0, 0.05) is 7.11 Å². The topological polar surface area (TPSA) is 211 Å². The number of hydrogen-bond acceptors (Lipinski definition) is 13. The first-order valence-electron chi connectivity index (χ1n) is 12.5. The normalized spacial score (nSPS) is 14.1. The molecule has 5 N–H and O–H groups in total. The largest absolute Gasteiger partial charge is 0.479 e. The van der Waals surface area contributed by atoms with Crippen LogP contribution in [-0.2, 0) is 38.7 Å². The molecule has 0 radical (unpaired) electrons. The van der Waals surface area contributed by atoms with Crippen LogP contribution < -0.4 is 20.6 Å². The van der Waals surface area contributed by atoms with Gasteiger partial charge in [0.1, 0.15) is 31.6 Å². The Bertz CT molecular complexity index is 1220. The molecule has 2 aromatic rings. The zero-order valence-corrected chi connectivity index (χ0v) is 24.6. The van der Waals surface area contributed by atoms with Crippen LogP contribution >= 0.6 is 7.67 Å². The highest BCUT2D eigenvalue weighted by molar-refractivity contribution is 7.54. The Balaban J connectivity index is 0.00000411. The first kappa shape index (κ1) is 35.6. The number of methoxy groups -OCH3 is 2. The highest BCUT2D eigenvalue weighted by atomic mass is 31.2. The lowest BCUT2D eigenvalue weighted by Crippen LogP contribution is -2.49. The average Bonchev–Trinajstić information content (AvgIpc) is 3.40. The quantitative estimate of drug-likeness (QED) is 0.117. The Morgan fingerprint density at radius 3 is 2.22 bits per heavy atom. The highest BCUT2D eigenvalue weighted by Gasteiger charge is 2.46. The van der Waals surface area contributed by atoms with Crippen molar-refractivity contribution in [1.82, 2.24) is 29.7 Å². The second kappa shape index (κ2) is 16.8. The number of ether oxygens (including phenoxy) is 4. The second-order valence-electron chi connectivity index (χ2n) is 7.54. The molecule has 18 heteroatoms. The summed E-state index contributed by atoms with van der Waals surface area (Å²) >= 11 is 0. The summed E-state index contributed by atoms with van der Waals surface area (Å²) in [5.41, 5.74) is 5.50. The maximum absolute atomic E-state index is 16.2. The lowest BCUT2D eigenvalue weighted by Gasteiger charge is -2.32. The number of aliphatic hydroxyl groups excluding tert-OH is 1. The van der Waals surface area contributed by atoms with E-state index in [0.717, 1.165) is 18.0 Å². The van der Waals surface area contributed by atoms with Crippen LogP contribution in [0.3, 0.4) is 0 Å². The number of alkyl halides is 1. The Hall–Kier alpha value is -3.39. The van der Waals surface area contributed by atoms with Crippen molar-refractivity contribution in [2.75, 3.05) is 52.9 Å². The Labute approximate surface area is 237 Å². The summed E-state index contributed by atoms with van der Waals surface area (Å²) in [5.74, 6) is -3.04. The van der Waals surface area contributed by atoms with Crippen LogP contribution in [0.2, 0.25) is 0 Å². The van der Waals surface area contributed by atoms with Crippen molar-refractivity contribution < 1.29 is 47.1 Å². The molecule has 2 rings (SSSR count). The van der Waals surface area contributed by atoms with Gasteiger partial charge in [-0.1, -0.05) is 13.8 Å². The third-order valence-corrected chi connectivity index (χ3v) is 6.73. The van der Waals surface area contributed by atoms with Gasteiger partial charge in [0.2, 0.25) is 11.8 Å². The molecule has 0 aromatic carbocycles. The third-order valence-electron chi connectivity index (χ3n) is 5.07. The van der Waals surface area contributed by atoms with Gasteiger partial charge in [-0.05, 0) is 19.8 Å². The summed E-state index contributed by atoms with van der Waals surface area (Å²) in [7, 11) is -1.79. The average molecular weight is 606 g/mol. The summed E-state index contributed by atoms with van der Waals surface area (Å²) in [5, 5.41) is 15.6. The van der Waals surface area contributed by atoms with Crippen molar-refractivity contribution in [2.24, 2.45) is 0 Å². The molecule has 0 aliphatic carbocycles. The zero-order chi connectivity index (χ0) is 31.2. The van der Waals surface area contributed by atoms with Gasteiger partial charge in [-0.25, -0.2) is 19.5 Å². The molecule has 16 nitrogen and oxygen atoms in total. The van der Waals surface area contributed by atoms with Gasteiger partial charge in [-0.15, -0.1) is 6.42 Å². The maximum atomic E-state index is 16.2. The molecule has 0 spiro atoms. The van der Waals surface area contributed by atoms with Crippen molar-refractivity contribution in [1.29, 1.82) is 0 Å². The number of nitrogen functional groups attached to an aromatic ring is 1. The van der Waals surface area contributed by atoms with Crippen LogP contribution in [0.4, 0.5) is 10.3 Å². The van der Waals surface area contributed by atoms with E-state index in [-0.39, 0.29) is 36.2 Å². The number of carbonyl (C=O) groups is 2. The predicted molar refractivity (Wildman–Crippen MR) is 145 cm³/mol. The number of fused-ring (bicyclic) bond motifs is 1. The molecule has 0 bridgehead atoms. The van der Waals surface area contributed by atoms with Gasteiger partial charge in [-0.2, -0.15) is 9.97 Å². The predicted octanol–water partition coefficient (Wildman–Crippen LogP) is 0.505. The highest BCUT2D eigenvalue weighted by Crippen LogP contribution is 2.38. The molecule has 0 aliphatic rings. The van der Waals surface area contributed by atoms with E-state index in [9.17, 15) is 19.3 Å². The Morgan fingerprint density at radius 2 is 1.76 bits per heavy atom. The van der Waals surface area contributed by atoms with E-state index in [1.807, 2.05) is 19.8 Å². The van der Waals surface area contributed by atoms with Gasteiger partial charge in [0.05, 0.1) is 26.9 Å². The summed E-state index contributed by atoms with van der Waals surface area (Å²) in [6, 6.07) is 0. The van der Waals surface area contributed by atoms with E-state index in [1.165, 1.54) is 7.11 Å². The van der Waals surface area contributed by atoms with Crippen LogP contribution in [0.15, 0.2) is 6.33 Å². The van der Waals surface area contributed by atoms with Crippen LogP contribution in [0.25, 0.3) is 11.2 Å². The van der Waals surface area contributed by atoms with E-state index in [0.29, 0.717) is 0 Å². The minimum Gasteiger partial charge on any atom is -0.479 e. The van der Waals surface area contributed by atoms with Crippen LogP contribution in [-0.4, -0.2) is 95.9 Å². The molecule has 2 unspecified atom stereocenters. The van der Waals surface area contributed by atoms with Gasteiger partial charge >= 0.3 is 19.6 Å². The smallest absolute Gasteiger partial charge is 0.341 e. The van der Waals surface area contributed by atoms with Gasteiger partial charge < -0.3 is 34.3 Å². The number of nitrogens with one attached hydrogen (secondary N) is 2. The molecule has 0 aliphatic heterocycles. The number of hydrogen-bond donors (Lipinski definition) is 4. The Morgan fingerprint density at radius 1 is 1.20 bits per heavy atom. The summed E-state index contributed by atoms with van der Waals surface area (Å²) in [6.07, 6.45) is 2.73. The van der Waals surface area contributed by atoms with Crippen molar-refractivity contribution >= 4 is 36.7 Å². The lowest BCUT2D eigenvalue weighted by atomic mass is 10.0. The minimum atomic E-state index is -4.20. The molecule has 0 saturated heterocycles. The van der Waals surface area contributed by atoms with E-state index >= 15 is 4.39 Å². The Kier molecular flexibility index (Phi) is 14.6. The molecule has 0 fully saturated rings. The number of halogens is 1. The number of aromatic nitrogens is 4. The SMILES string of the molecule is C#C[C@](F)(C(O)C(COP(=O)(NCC(=O)OCC)NCC(=O)OCC)OC)n1cnc2c(OC)nc(N)nc21.CC. The molecule has 2 heterocycles. The third kappa shape index (κ3) is 9.32. The number of aliphatic hydroxyl groups is 1. The number of carbonyl (C=O) groups excluding carboxylic acids is 2. The monoisotopic (exact) mass is 605 g/mol. The molecular formula is C23H37FN7O9P. The lowest BCUT2D eigenvalue weighted by molar-refractivity contribution is -0.142. The number of nitrogens with zero attached hydrogens (tertiary/aromatic N) is 4. The first-order valence-corrected chi connectivity index (χ1v) is 14.1. The number of esters is 2. The van der Waals surface area contributed by atoms with E-state index in [4.69, 9.17) is 35.6 Å². The maximum Gasteiger partial charge on any atom is 0.341 e. The van der Waals surface area contributed by atoms with Crippen molar-refractivity contribution in [2.45, 2.75) is 45.7 Å². The number of anilines is 1. The molecular weight excluding hydrogens is 568 g/mol. The fourth-order valence-corrected chi connectivity index (χ4v) is 4.52. The van der Waals surface area contributed by atoms with Crippen LogP contribution in [0, 0.1) is 12.3 Å². The van der Waals surface area contributed by atoms with E-state index < -0.39 is 57.3 Å². The zero-order valence-electron chi connectivity index (χ0n) is 23.7. The molecule has 0 saturated carbocycles. The minimum absolute atomic E-state index is 0.0113. The molecule has 3 atom stereocenters. The van der Waals surface area contributed by atoms with Crippen LogP contribution in [0.1, 0.15) is 27.7 Å². The van der Waals surface area contributed by atoms with Crippen molar-refractivity contribution in [3.63, 3.8) is 0 Å². The summed E-state index contributed by atoms with van der Waals surface area (Å²) in [4.78, 5) is 35.3. The van der Waals surface area contributed by atoms with Gasteiger partial charge in [0.25, 0.3) is 5.79 Å². The summed E-state index contributed by atoms with van der Waals surface area (Å²) in [6.45, 7) is 5.41. The van der Waals surface area contributed by atoms with Gasteiger partial charge in [0.15, 0.2) is 11.2 Å². The van der Waals surface area contributed by atoms with Crippen LogP contribution in [0.5, 0.6) is 5.88 Å². The fraction of sp³-hybridized carbons (Fsp3) is 0.609. The number of terminal acetylenes is 1. The number of imidazole rings is 1. The van der Waals surface area contributed by atoms with Crippen molar-refractivity contribution in [3.05, 3.63) is 6.33 Å². The van der Waals surface area contributed by atoms with Gasteiger partial charge in [-0.3, -0.25) is 18.7 Å². The standard InChI is InChI=1S/C21H31FN7O9P.C2H6/c1-6-21(22,29-12-24-16-18(29)27-20(23)28-19(16)35-5)17(32)13(34-4)11-38-39(33,25-9-14(30)36-7-2)26-10-15(31)37-8-3;1-2/h1,12-13,17,32H,7-11H2,2-5H3,(H2,23,27,28)(H2,25,26,33);1-2H3/t13?,17?,21-;/m1./s1. The second-order valence-corrected chi connectivity index (χ2v) is 9.54. The van der Waals surface area contributed by atoms with E-state index in [2.05, 4.69) is 25.1 Å². The molecule has 2 aromatic heterocycles. The molecule has 41 heavy (non-hydrogen) atoms. The first-order chi connectivity index (χ1) is 19.5. The molecule has 230 valence electrons. The van der Waals surface area contributed by atoms with E-state index in [1.54, 1.807) is 13.8 Å². The summed E-state index contributed by atoms with van der Waals surface area (Å²) < 4.78 is 55.5. The fourth-order valence-electron chi connectivity index (χ4n) is 3.19. The number of rotatable bonds is 16. The number of nitrogens with two attached hydrogens (primary N) is 1. The molecule has 0 amide bonds.